The Bertz CT molecular complexity index is 684. The molecule has 0 aliphatic carbocycles. The maximum absolute atomic E-state index is 12.6. The van der Waals surface area contributed by atoms with Crippen LogP contribution in [0.4, 0.5) is 8.78 Å². The molecular formula is C19H21ClF2N2O. The van der Waals surface area contributed by atoms with E-state index in [1.807, 2.05) is 18.2 Å². The highest BCUT2D eigenvalue weighted by Gasteiger charge is 2.25. The molecule has 2 N–H and O–H groups in total. The summed E-state index contributed by atoms with van der Waals surface area (Å²) in [6, 6.07) is 15.3. The number of rotatable bonds is 6. The average molecular weight is 367 g/mol. The van der Waals surface area contributed by atoms with E-state index in [1.165, 1.54) is 11.6 Å². The first-order valence-corrected chi connectivity index (χ1v) is 8.76. The Morgan fingerprint density at radius 3 is 2.76 bits per heavy atom. The molecule has 2 atom stereocenters. The van der Waals surface area contributed by atoms with Crippen molar-refractivity contribution in [3.8, 4) is 5.75 Å². The van der Waals surface area contributed by atoms with Gasteiger partial charge in [0.1, 0.15) is 5.75 Å². The molecule has 0 radical (unpaired) electrons. The van der Waals surface area contributed by atoms with E-state index in [-0.39, 0.29) is 17.8 Å². The quantitative estimate of drug-likeness (QED) is 0.788. The van der Waals surface area contributed by atoms with Gasteiger partial charge >= 0.3 is 6.61 Å². The number of benzene rings is 2. The summed E-state index contributed by atoms with van der Waals surface area (Å²) in [7, 11) is 0. The molecule has 1 fully saturated rings. The standard InChI is InChI=1S/C19H21ClF2N2O/c20-15-8-9-17(25-19(21)22)14(11-15)12-24-16-7-4-10-23-18(16)13-5-2-1-3-6-13/h1-3,5-6,8-9,11,16,18-19,23-24H,4,7,10,12H2/t16-,18-/m0/s1. The van der Waals surface area contributed by atoms with E-state index in [1.54, 1.807) is 12.1 Å². The normalized spacial score (nSPS) is 20.6. The van der Waals surface area contributed by atoms with Crippen molar-refractivity contribution < 1.29 is 13.5 Å². The SMILES string of the molecule is FC(F)Oc1ccc(Cl)cc1CN[C@H]1CCCN[C@H]1c1ccccc1. The number of ether oxygens (including phenoxy) is 1. The van der Waals surface area contributed by atoms with Crippen molar-refractivity contribution in [1.29, 1.82) is 0 Å². The molecule has 0 amide bonds. The summed E-state index contributed by atoms with van der Waals surface area (Å²) in [5.41, 5.74) is 1.85. The van der Waals surface area contributed by atoms with Crippen LogP contribution < -0.4 is 15.4 Å². The fourth-order valence-electron chi connectivity index (χ4n) is 3.26. The smallest absolute Gasteiger partial charge is 0.387 e. The van der Waals surface area contributed by atoms with Crippen LogP contribution in [-0.2, 0) is 6.54 Å². The van der Waals surface area contributed by atoms with E-state index in [4.69, 9.17) is 11.6 Å². The highest BCUT2D eigenvalue weighted by Crippen LogP contribution is 2.27. The van der Waals surface area contributed by atoms with Gasteiger partial charge in [0.05, 0.1) is 0 Å². The lowest BCUT2D eigenvalue weighted by molar-refractivity contribution is -0.0505. The molecule has 134 valence electrons. The third-order valence-corrected chi connectivity index (χ3v) is 4.65. The fraction of sp³-hybridized carbons (Fsp3) is 0.368. The van der Waals surface area contributed by atoms with Gasteiger partial charge in [-0.15, -0.1) is 0 Å². The molecule has 2 aromatic rings. The van der Waals surface area contributed by atoms with E-state index in [0.717, 1.165) is 19.4 Å². The average Bonchev–Trinajstić information content (AvgIpc) is 2.62. The lowest BCUT2D eigenvalue weighted by atomic mass is 9.92. The summed E-state index contributed by atoms with van der Waals surface area (Å²) in [6.45, 7) is -1.47. The van der Waals surface area contributed by atoms with Crippen molar-refractivity contribution in [2.24, 2.45) is 0 Å². The number of hydrogen-bond donors (Lipinski definition) is 2. The number of halogens is 3. The Kier molecular flexibility index (Phi) is 6.24. The Morgan fingerprint density at radius 2 is 2.00 bits per heavy atom. The Labute approximate surface area is 151 Å². The van der Waals surface area contributed by atoms with Crippen LogP contribution in [0.15, 0.2) is 48.5 Å². The summed E-state index contributed by atoms with van der Waals surface area (Å²) in [4.78, 5) is 0. The van der Waals surface area contributed by atoms with Gasteiger partial charge in [-0.1, -0.05) is 41.9 Å². The van der Waals surface area contributed by atoms with Gasteiger partial charge in [0.25, 0.3) is 0 Å². The summed E-state index contributed by atoms with van der Waals surface area (Å²) >= 11 is 6.02. The monoisotopic (exact) mass is 366 g/mol. The Morgan fingerprint density at radius 1 is 1.20 bits per heavy atom. The van der Waals surface area contributed by atoms with Crippen LogP contribution in [0.25, 0.3) is 0 Å². The minimum Gasteiger partial charge on any atom is -0.434 e. The van der Waals surface area contributed by atoms with Crippen LogP contribution in [-0.4, -0.2) is 19.2 Å². The predicted molar refractivity (Wildman–Crippen MR) is 95.1 cm³/mol. The maximum atomic E-state index is 12.6. The van der Waals surface area contributed by atoms with Crippen molar-refractivity contribution in [2.75, 3.05) is 6.54 Å². The molecule has 3 rings (SSSR count). The molecule has 0 unspecified atom stereocenters. The van der Waals surface area contributed by atoms with E-state index >= 15 is 0 Å². The second kappa shape index (κ2) is 8.61. The molecule has 1 saturated heterocycles. The first-order valence-electron chi connectivity index (χ1n) is 8.38. The van der Waals surface area contributed by atoms with E-state index in [2.05, 4.69) is 27.5 Å². The van der Waals surface area contributed by atoms with E-state index < -0.39 is 6.61 Å². The van der Waals surface area contributed by atoms with Gasteiger partial charge in [0.2, 0.25) is 0 Å². The van der Waals surface area contributed by atoms with Gasteiger partial charge in [-0.05, 0) is 43.1 Å². The topological polar surface area (TPSA) is 33.3 Å². The minimum atomic E-state index is -2.85. The van der Waals surface area contributed by atoms with E-state index in [0.29, 0.717) is 17.1 Å². The molecule has 0 saturated carbocycles. The largest absolute Gasteiger partial charge is 0.434 e. The van der Waals surface area contributed by atoms with Gasteiger partial charge < -0.3 is 15.4 Å². The summed E-state index contributed by atoms with van der Waals surface area (Å²) < 4.78 is 29.8. The van der Waals surface area contributed by atoms with Crippen molar-refractivity contribution in [1.82, 2.24) is 10.6 Å². The molecule has 1 heterocycles. The van der Waals surface area contributed by atoms with Crippen molar-refractivity contribution in [2.45, 2.75) is 38.1 Å². The molecule has 25 heavy (non-hydrogen) atoms. The third-order valence-electron chi connectivity index (χ3n) is 4.41. The van der Waals surface area contributed by atoms with Gasteiger partial charge in [-0.25, -0.2) is 0 Å². The zero-order valence-corrected chi connectivity index (χ0v) is 14.5. The number of hydrogen-bond acceptors (Lipinski definition) is 3. The van der Waals surface area contributed by atoms with Crippen LogP contribution in [0, 0.1) is 0 Å². The molecular weight excluding hydrogens is 346 g/mol. The minimum absolute atomic E-state index is 0.159. The van der Waals surface area contributed by atoms with Crippen molar-refractivity contribution in [3.63, 3.8) is 0 Å². The summed E-state index contributed by atoms with van der Waals surface area (Å²) in [6.07, 6.45) is 2.08. The van der Waals surface area contributed by atoms with Crippen LogP contribution in [0.1, 0.15) is 30.0 Å². The molecule has 6 heteroatoms. The zero-order chi connectivity index (χ0) is 17.6. The van der Waals surface area contributed by atoms with Crippen molar-refractivity contribution >= 4 is 11.6 Å². The van der Waals surface area contributed by atoms with E-state index in [9.17, 15) is 8.78 Å². The fourth-order valence-corrected chi connectivity index (χ4v) is 3.45. The van der Waals surface area contributed by atoms with Gasteiger partial charge in [-0.3, -0.25) is 0 Å². The molecule has 3 nitrogen and oxygen atoms in total. The predicted octanol–water partition coefficient (Wildman–Crippen LogP) is 4.52. The van der Waals surface area contributed by atoms with Gasteiger partial charge in [-0.2, -0.15) is 8.78 Å². The molecule has 2 aromatic carbocycles. The molecule has 0 aromatic heterocycles. The first kappa shape index (κ1) is 18.1. The Hall–Kier alpha value is -1.69. The molecule has 0 bridgehead atoms. The first-order chi connectivity index (χ1) is 12.1. The lowest BCUT2D eigenvalue weighted by Crippen LogP contribution is -2.45. The van der Waals surface area contributed by atoms with Crippen LogP contribution in [0.2, 0.25) is 5.02 Å². The highest BCUT2D eigenvalue weighted by atomic mass is 35.5. The number of alkyl halides is 2. The highest BCUT2D eigenvalue weighted by molar-refractivity contribution is 6.30. The third kappa shape index (κ3) is 4.91. The number of nitrogens with one attached hydrogen (secondary N) is 2. The maximum Gasteiger partial charge on any atom is 0.387 e. The Balaban J connectivity index is 1.72. The van der Waals surface area contributed by atoms with Gasteiger partial charge in [0, 0.05) is 29.2 Å². The van der Waals surface area contributed by atoms with Gasteiger partial charge in [0.15, 0.2) is 0 Å². The molecule has 0 spiro atoms. The van der Waals surface area contributed by atoms with Crippen LogP contribution in [0.3, 0.4) is 0 Å². The molecule has 1 aliphatic rings. The second-order valence-corrected chi connectivity index (χ2v) is 6.54. The summed E-state index contributed by atoms with van der Waals surface area (Å²) in [5.74, 6) is 0.159. The number of piperidine rings is 1. The zero-order valence-electron chi connectivity index (χ0n) is 13.7. The van der Waals surface area contributed by atoms with Crippen molar-refractivity contribution in [3.05, 3.63) is 64.7 Å². The molecule has 1 aliphatic heterocycles. The second-order valence-electron chi connectivity index (χ2n) is 6.10. The van der Waals surface area contributed by atoms with Crippen LogP contribution in [0.5, 0.6) is 5.75 Å². The lowest BCUT2D eigenvalue weighted by Gasteiger charge is -2.34. The van der Waals surface area contributed by atoms with Crippen LogP contribution >= 0.6 is 11.6 Å². The summed E-state index contributed by atoms with van der Waals surface area (Å²) in [5, 5.41) is 7.52.